The monoisotopic (exact) mass is 1070 g/mol. The first-order valence-electron chi connectivity index (χ1n) is 25.2. The number of nitrogens with zero attached hydrogens (tertiary/aromatic N) is 5. The molecule has 5 aromatic rings. The number of carbonyl (C=O) groups excluding carboxylic acids is 2. The van der Waals surface area contributed by atoms with Crippen molar-refractivity contribution >= 4 is 60.3 Å². The number of aromatic amines is 1. The van der Waals surface area contributed by atoms with Crippen molar-refractivity contribution in [2.75, 3.05) is 37.7 Å². The van der Waals surface area contributed by atoms with Crippen LogP contribution in [0.4, 0.5) is 11.4 Å². The second-order valence-corrected chi connectivity index (χ2v) is 22.5. The van der Waals surface area contributed by atoms with Crippen molar-refractivity contribution in [2.45, 2.75) is 121 Å². The average molecular weight is 1070 g/mol. The summed E-state index contributed by atoms with van der Waals surface area (Å²) in [6, 6.07) is 16.1. The zero-order chi connectivity index (χ0) is 54.5. The van der Waals surface area contributed by atoms with Crippen LogP contribution in [0.3, 0.4) is 0 Å². The Morgan fingerprint density at radius 1 is 0.773 bits per heavy atom. The lowest BCUT2D eigenvalue weighted by atomic mass is 9.81. The van der Waals surface area contributed by atoms with Crippen molar-refractivity contribution in [3.05, 3.63) is 129 Å². The van der Waals surface area contributed by atoms with E-state index < -0.39 is 36.6 Å². The summed E-state index contributed by atoms with van der Waals surface area (Å²) in [7, 11) is -8.83. The standard InChI is InChI=1S/C54H66N8O11S2/c1-8-30-61-50-48(51(65)62(31-9-2)52(61)66)57-49(58-50)36-20-22-37(23-21-36)73-35-47(64)56-29-28-55-46(63)19-15-12-16-32-60-43-27-25-39(75(70,71)72)34-41(43)54(6,7)45(60)18-14-11-13-17-44-53(4,5)40-33-38(74(67,68)69)24-26-42(40)59(44)10-3/h11,13-14,17-18,20-27,33-34H,8-10,12,15-16,19,28-32,35H2,1-7H3,(H4-,55,56,57,58,63,64,65,67,68,69,70,71,72)/p+1. The molecule has 0 saturated carbocycles. The fourth-order valence-corrected chi connectivity index (χ4v) is 10.9. The highest BCUT2D eigenvalue weighted by Crippen LogP contribution is 2.48. The van der Waals surface area contributed by atoms with Gasteiger partial charge < -0.3 is 25.3 Å². The molecule has 2 aliphatic heterocycles. The number of benzene rings is 3. The lowest BCUT2D eigenvalue weighted by Gasteiger charge is -2.25. The van der Waals surface area contributed by atoms with Crippen LogP contribution in [0.5, 0.6) is 5.75 Å². The molecule has 75 heavy (non-hydrogen) atoms. The van der Waals surface area contributed by atoms with Crippen LogP contribution < -0.4 is 31.5 Å². The van der Waals surface area contributed by atoms with Gasteiger partial charge >= 0.3 is 5.69 Å². The largest absolute Gasteiger partial charge is 0.484 e. The van der Waals surface area contributed by atoms with E-state index in [2.05, 4.69) is 30.1 Å². The number of likely N-dealkylation sites (N-methyl/N-ethyl adjacent to an activating group) is 1. The summed E-state index contributed by atoms with van der Waals surface area (Å²) < 4.78 is 78.4. The Balaban J connectivity index is 0.893. The Morgan fingerprint density at radius 3 is 2.07 bits per heavy atom. The highest BCUT2D eigenvalue weighted by atomic mass is 32.2. The molecule has 21 heteroatoms. The number of fused-ring (bicyclic) bond motifs is 3. The summed E-state index contributed by atoms with van der Waals surface area (Å²) in [4.78, 5) is 60.9. The average Bonchev–Trinajstić information content (AvgIpc) is 3.97. The minimum Gasteiger partial charge on any atom is -0.484 e. The van der Waals surface area contributed by atoms with Crippen molar-refractivity contribution in [3.8, 4) is 17.1 Å². The molecule has 0 unspecified atom stereocenters. The van der Waals surface area contributed by atoms with Gasteiger partial charge in [0.2, 0.25) is 11.6 Å². The third kappa shape index (κ3) is 12.1. The zero-order valence-electron chi connectivity index (χ0n) is 43.5. The number of ether oxygens (including phenoxy) is 1. The van der Waals surface area contributed by atoms with Gasteiger partial charge in [-0.2, -0.15) is 21.4 Å². The molecule has 19 nitrogen and oxygen atoms in total. The molecule has 4 heterocycles. The second-order valence-electron chi connectivity index (χ2n) is 19.6. The van der Waals surface area contributed by atoms with Gasteiger partial charge in [0, 0.05) is 85.6 Å². The van der Waals surface area contributed by atoms with E-state index in [1.807, 2.05) is 78.8 Å². The van der Waals surface area contributed by atoms with Gasteiger partial charge in [0.1, 0.15) is 23.6 Å². The van der Waals surface area contributed by atoms with Crippen LogP contribution in [0.2, 0.25) is 0 Å². The number of allylic oxidation sites excluding steroid dienone is 6. The summed E-state index contributed by atoms with van der Waals surface area (Å²) in [5.74, 6) is 0.343. The van der Waals surface area contributed by atoms with E-state index in [4.69, 9.17) is 4.74 Å². The van der Waals surface area contributed by atoms with Crippen LogP contribution in [0.1, 0.15) is 98.1 Å². The maximum atomic E-state index is 13.1. The van der Waals surface area contributed by atoms with E-state index in [9.17, 15) is 45.1 Å². The summed E-state index contributed by atoms with van der Waals surface area (Å²) in [6.07, 6.45) is 13.3. The van der Waals surface area contributed by atoms with E-state index in [1.54, 1.807) is 36.4 Å². The van der Waals surface area contributed by atoms with Crippen molar-refractivity contribution < 1.29 is 44.8 Å². The van der Waals surface area contributed by atoms with E-state index in [-0.39, 0.29) is 58.9 Å². The number of rotatable bonds is 23. The first-order chi connectivity index (χ1) is 35.5. The van der Waals surface area contributed by atoms with E-state index in [0.29, 0.717) is 74.6 Å². The van der Waals surface area contributed by atoms with Crippen LogP contribution in [-0.2, 0) is 53.7 Å². The number of hydrogen-bond donors (Lipinski definition) is 5. The Bertz CT molecular complexity index is 3480. The predicted octanol–water partition coefficient (Wildman–Crippen LogP) is 6.93. The quantitative estimate of drug-likeness (QED) is 0.0193. The minimum atomic E-state index is -4.45. The third-order valence-electron chi connectivity index (χ3n) is 13.7. The number of carbonyl (C=O) groups is 2. The predicted molar refractivity (Wildman–Crippen MR) is 288 cm³/mol. The van der Waals surface area contributed by atoms with E-state index >= 15 is 0 Å². The van der Waals surface area contributed by atoms with Crippen LogP contribution in [0, 0.1) is 0 Å². The van der Waals surface area contributed by atoms with Gasteiger partial charge in [0.15, 0.2) is 18.0 Å². The topological polar surface area (TPSA) is 255 Å². The first kappa shape index (κ1) is 55.8. The molecule has 0 bridgehead atoms. The first-order valence-corrected chi connectivity index (χ1v) is 28.1. The van der Waals surface area contributed by atoms with Crippen LogP contribution in [0.15, 0.2) is 116 Å². The molecule has 0 saturated heterocycles. The summed E-state index contributed by atoms with van der Waals surface area (Å²) in [5.41, 5.74) is 4.31. The lowest BCUT2D eigenvalue weighted by molar-refractivity contribution is -0.438. The van der Waals surface area contributed by atoms with E-state index in [1.165, 1.54) is 33.4 Å². The van der Waals surface area contributed by atoms with E-state index in [0.717, 1.165) is 40.3 Å². The summed E-state index contributed by atoms with van der Waals surface area (Å²) >= 11 is 0. The molecular weight excluding hydrogens is 1000 g/mol. The van der Waals surface area contributed by atoms with Crippen molar-refractivity contribution in [3.63, 3.8) is 0 Å². The number of aromatic nitrogens is 4. The second kappa shape index (κ2) is 22.9. The number of nitrogens with one attached hydrogen (secondary N) is 3. The molecular formula is C54H67N8O11S2+. The molecule has 0 aliphatic carbocycles. The Morgan fingerprint density at radius 2 is 1.41 bits per heavy atom. The Hall–Kier alpha value is -6.94. The maximum Gasteiger partial charge on any atom is 0.332 e. The SMILES string of the molecule is CCCn1c(=O)c2[nH]c(-c3ccc(OCC(=O)NCCNC(=O)CCCCC[N+]4=C(/C=C/C=C/C=C5/N(CC)c6ccc(S(=O)(=O)O)cc6C5(C)C)C(C)(C)c5cc(S(=O)(=O)O)ccc54)cc3)nc2n(CCC)c1=O. The van der Waals surface area contributed by atoms with Gasteiger partial charge in [-0.1, -0.05) is 45.9 Å². The number of aryl methyl sites for hydroxylation is 1. The maximum absolute atomic E-state index is 13.1. The smallest absolute Gasteiger partial charge is 0.332 e. The van der Waals surface area contributed by atoms with Crippen molar-refractivity contribution in [1.82, 2.24) is 29.7 Å². The van der Waals surface area contributed by atoms with Gasteiger partial charge in [0.25, 0.3) is 31.7 Å². The highest BCUT2D eigenvalue weighted by Gasteiger charge is 2.45. The summed E-state index contributed by atoms with van der Waals surface area (Å²) in [5, 5.41) is 5.58. The molecule has 5 N–H and O–H groups in total. The highest BCUT2D eigenvalue weighted by molar-refractivity contribution is 7.86. The van der Waals surface area contributed by atoms with Crippen LogP contribution in [0.25, 0.3) is 22.6 Å². The van der Waals surface area contributed by atoms with Crippen molar-refractivity contribution in [1.29, 1.82) is 0 Å². The lowest BCUT2D eigenvalue weighted by Crippen LogP contribution is -2.40. The van der Waals surface area contributed by atoms with Gasteiger partial charge in [-0.05, 0) is 113 Å². The fraction of sp³-hybridized carbons (Fsp3) is 0.407. The van der Waals surface area contributed by atoms with Gasteiger partial charge in [-0.3, -0.25) is 32.6 Å². The Labute approximate surface area is 437 Å². The number of unbranched alkanes of at least 4 members (excludes halogenated alkanes) is 2. The number of imidazole rings is 1. The molecule has 400 valence electrons. The zero-order valence-corrected chi connectivity index (χ0v) is 45.1. The minimum absolute atomic E-state index is 0.151. The molecule has 0 fully saturated rings. The number of hydrogen-bond acceptors (Lipinski definition) is 11. The molecule has 3 aromatic carbocycles. The van der Waals surface area contributed by atoms with Crippen molar-refractivity contribution in [2.24, 2.45) is 0 Å². The van der Waals surface area contributed by atoms with Gasteiger partial charge in [-0.25, -0.2) is 9.78 Å². The molecule has 0 radical (unpaired) electrons. The molecule has 7 rings (SSSR count). The fourth-order valence-electron chi connectivity index (χ4n) is 9.85. The van der Waals surface area contributed by atoms with Crippen LogP contribution in [-0.4, -0.2) is 99.9 Å². The molecule has 2 amide bonds. The van der Waals surface area contributed by atoms with Crippen LogP contribution >= 0.6 is 0 Å². The Kier molecular flexibility index (Phi) is 17.0. The third-order valence-corrected chi connectivity index (χ3v) is 15.4. The molecule has 0 spiro atoms. The van der Waals surface area contributed by atoms with Gasteiger partial charge in [-0.15, -0.1) is 0 Å². The normalized spacial score (nSPS) is 15.6. The number of H-pyrrole nitrogens is 1. The van der Waals surface area contributed by atoms with Gasteiger partial charge in [0.05, 0.1) is 15.2 Å². The number of amides is 2. The number of anilines is 1. The molecule has 2 aliphatic rings. The molecule has 0 atom stereocenters. The molecule has 2 aromatic heterocycles. The summed E-state index contributed by atoms with van der Waals surface area (Å²) in [6.45, 7) is 16.0.